The van der Waals surface area contributed by atoms with Crippen LogP contribution in [0.25, 0.3) is 11.3 Å². The average molecular weight is 294 g/mol. The van der Waals surface area contributed by atoms with E-state index in [-0.39, 0.29) is 0 Å². The third-order valence-electron chi connectivity index (χ3n) is 5.15. The third kappa shape index (κ3) is 2.93. The van der Waals surface area contributed by atoms with Crippen LogP contribution in [0.4, 0.5) is 0 Å². The van der Waals surface area contributed by atoms with Gasteiger partial charge in [-0.3, -0.25) is 9.88 Å². The van der Waals surface area contributed by atoms with Crippen LogP contribution in [0, 0.1) is 20.8 Å². The van der Waals surface area contributed by atoms with Crippen LogP contribution in [0.5, 0.6) is 0 Å². The second-order valence-corrected chi connectivity index (χ2v) is 6.58. The first-order valence-corrected chi connectivity index (χ1v) is 8.35. The Morgan fingerprint density at radius 3 is 2.23 bits per heavy atom. The molecule has 1 aromatic heterocycles. The Hall–Kier alpha value is -1.67. The molecule has 0 spiro atoms. The molecule has 2 heterocycles. The summed E-state index contributed by atoms with van der Waals surface area (Å²) in [4.78, 5) is 7.32. The third-order valence-corrected chi connectivity index (χ3v) is 5.15. The van der Waals surface area contributed by atoms with Gasteiger partial charge in [0, 0.05) is 17.3 Å². The minimum absolute atomic E-state index is 0.519. The quantitative estimate of drug-likeness (QED) is 0.806. The summed E-state index contributed by atoms with van der Waals surface area (Å²) in [5.41, 5.74) is 7.44. The molecule has 1 aliphatic rings. The summed E-state index contributed by atoms with van der Waals surface area (Å²) in [5, 5.41) is 0. The molecule has 0 aliphatic carbocycles. The molecule has 2 heteroatoms. The predicted molar refractivity (Wildman–Crippen MR) is 93.1 cm³/mol. The maximum atomic E-state index is 4.75. The van der Waals surface area contributed by atoms with E-state index in [0.717, 1.165) is 11.4 Å². The van der Waals surface area contributed by atoms with E-state index in [9.17, 15) is 0 Å². The molecule has 0 amide bonds. The zero-order valence-corrected chi connectivity index (χ0v) is 14.2. The van der Waals surface area contributed by atoms with E-state index >= 15 is 0 Å². The molecule has 0 radical (unpaired) electrons. The van der Waals surface area contributed by atoms with Gasteiger partial charge >= 0.3 is 0 Å². The molecule has 1 aliphatic heterocycles. The molecule has 0 unspecified atom stereocenters. The van der Waals surface area contributed by atoms with Gasteiger partial charge in [-0.2, -0.15) is 0 Å². The van der Waals surface area contributed by atoms with Crippen LogP contribution in [0.2, 0.25) is 0 Å². The summed E-state index contributed by atoms with van der Waals surface area (Å²) in [5.74, 6) is 0. The number of aromatic nitrogens is 1. The van der Waals surface area contributed by atoms with Crippen LogP contribution in [0.15, 0.2) is 30.3 Å². The summed E-state index contributed by atoms with van der Waals surface area (Å²) in [6, 6.07) is 11.7. The van der Waals surface area contributed by atoms with E-state index in [1.165, 1.54) is 48.2 Å². The highest BCUT2D eigenvalue weighted by molar-refractivity contribution is 5.61. The number of rotatable bonds is 3. The number of benzene rings is 1. The molecule has 22 heavy (non-hydrogen) atoms. The van der Waals surface area contributed by atoms with Gasteiger partial charge in [-0.1, -0.05) is 24.3 Å². The van der Waals surface area contributed by atoms with E-state index in [1.54, 1.807) is 0 Å². The Morgan fingerprint density at radius 1 is 1.00 bits per heavy atom. The highest BCUT2D eigenvalue weighted by Crippen LogP contribution is 2.27. The normalized spacial score (nSPS) is 16.9. The molecule has 116 valence electrons. The molecular formula is C20H26N2. The topological polar surface area (TPSA) is 16.1 Å². The smallest absolute Gasteiger partial charge is 0.0708 e. The first-order valence-electron chi connectivity index (χ1n) is 8.35. The average Bonchev–Trinajstić information content (AvgIpc) is 3.06. The predicted octanol–water partition coefficient (Wildman–Crippen LogP) is 4.83. The molecular weight excluding hydrogens is 268 g/mol. The van der Waals surface area contributed by atoms with Crippen LogP contribution in [-0.2, 0) is 0 Å². The van der Waals surface area contributed by atoms with Gasteiger partial charge in [0.05, 0.1) is 5.69 Å². The maximum Gasteiger partial charge on any atom is 0.0708 e. The van der Waals surface area contributed by atoms with Crippen molar-refractivity contribution in [2.45, 2.75) is 46.6 Å². The molecule has 0 bridgehead atoms. The van der Waals surface area contributed by atoms with E-state index in [4.69, 9.17) is 4.98 Å². The Kier molecular flexibility index (Phi) is 4.30. The van der Waals surface area contributed by atoms with Crippen molar-refractivity contribution in [3.63, 3.8) is 0 Å². The summed E-state index contributed by atoms with van der Waals surface area (Å²) in [6.07, 6.45) is 2.68. The number of hydrogen-bond acceptors (Lipinski definition) is 2. The van der Waals surface area contributed by atoms with Crippen LogP contribution < -0.4 is 0 Å². The van der Waals surface area contributed by atoms with Crippen molar-refractivity contribution >= 4 is 0 Å². The van der Waals surface area contributed by atoms with Gasteiger partial charge in [-0.05, 0) is 76.4 Å². The zero-order valence-electron chi connectivity index (χ0n) is 14.2. The summed E-state index contributed by atoms with van der Waals surface area (Å²) >= 11 is 0. The Balaban J connectivity index is 1.85. The van der Waals surface area contributed by atoms with Crippen molar-refractivity contribution in [3.05, 3.63) is 52.7 Å². The second-order valence-electron chi connectivity index (χ2n) is 6.58. The van der Waals surface area contributed by atoms with Crippen molar-refractivity contribution in [3.8, 4) is 11.3 Å². The summed E-state index contributed by atoms with van der Waals surface area (Å²) in [7, 11) is 0. The van der Waals surface area contributed by atoms with Gasteiger partial charge < -0.3 is 0 Å². The van der Waals surface area contributed by atoms with E-state index < -0.39 is 0 Å². The fourth-order valence-electron chi connectivity index (χ4n) is 3.32. The van der Waals surface area contributed by atoms with E-state index in [2.05, 4.69) is 62.9 Å². The SMILES string of the molecule is Cc1cc(-c2ccc([C@H](C)N3CCCC3)cc2)nc(C)c1C. The van der Waals surface area contributed by atoms with Crippen LogP contribution in [-0.4, -0.2) is 23.0 Å². The van der Waals surface area contributed by atoms with Gasteiger partial charge in [-0.25, -0.2) is 0 Å². The summed E-state index contributed by atoms with van der Waals surface area (Å²) < 4.78 is 0. The van der Waals surface area contributed by atoms with Crippen LogP contribution >= 0.6 is 0 Å². The second kappa shape index (κ2) is 6.21. The van der Waals surface area contributed by atoms with Crippen molar-refractivity contribution in [2.75, 3.05) is 13.1 Å². The lowest BCUT2D eigenvalue weighted by atomic mass is 10.0. The van der Waals surface area contributed by atoms with E-state index in [1.807, 2.05) is 0 Å². The minimum Gasteiger partial charge on any atom is -0.297 e. The highest BCUT2D eigenvalue weighted by atomic mass is 15.2. The van der Waals surface area contributed by atoms with Gasteiger partial charge in [-0.15, -0.1) is 0 Å². The molecule has 3 rings (SSSR count). The highest BCUT2D eigenvalue weighted by Gasteiger charge is 2.19. The molecule has 2 nitrogen and oxygen atoms in total. The van der Waals surface area contributed by atoms with Crippen molar-refractivity contribution < 1.29 is 0 Å². The van der Waals surface area contributed by atoms with E-state index in [0.29, 0.717) is 6.04 Å². The Bertz CT molecular complexity index is 629. The van der Waals surface area contributed by atoms with Crippen LogP contribution in [0.1, 0.15) is 48.2 Å². The van der Waals surface area contributed by atoms with Crippen molar-refractivity contribution in [2.24, 2.45) is 0 Å². The van der Waals surface area contributed by atoms with Crippen molar-refractivity contribution in [1.82, 2.24) is 9.88 Å². The standard InChI is InChI=1S/C20H26N2/c1-14-13-20(21-16(3)15(14)2)19-9-7-18(8-10-19)17(4)22-11-5-6-12-22/h7-10,13,17H,5-6,11-12H2,1-4H3/t17-/m0/s1. The lowest BCUT2D eigenvalue weighted by Crippen LogP contribution is -2.23. The van der Waals surface area contributed by atoms with Crippen molar-refractivity contribution in [1.29, 1.82) is 0 Å². The van der Waals surface area contributed by atoms with Gasteiger partial charge in [0.1, 0.15) is 0 Å². The number of pyridine rings is 1. The first-order chi connectivity index (χ1) is 10.6. The number of likely N-dealkylation sites (tertiary alicyclic amines) is 1. The number of nitrogens with zero attached hydrogens (tertiary/aromatic N) is 2. The molecule has 2 aromatic rings. The molecule has 0 N–H and O–H groups in total. The molecule has 0 saturated carbocycles. The lowest BCUT2D eigenvalue weighted by Gasteiger charge is -2.24. The fraction of sp³-hybridized carbons (Fsp3) is 0.450. The molecule has 1 fully saturated rings. The molecule has 1 saturated heterocycles. The largest absolute Gasteiger partial charge is 0.297 e. The molecule has 1 aromatic carbocycles. The summed E-state index contributed by atoms with van der Waals surface area (Å²) in [6.45, 7) is 11.2. The Labute approximate surface area is 134 Å². The van der Waals surface area contributed by atoms with Gasteiger partial charge in [0.25, 0.3) is 0 Å². The number of aryl methyl sites for hydroxylation is 2. The Morgan fingerprint density at radius 2 is 1.64 bits per heavy atom. The molecule has 1 atom stereocenters. The first kappa shape index (κ1) is 15.2. The minimum atomic E-state index is 0.519. The lowest BCUT2D eigenvalue weighted by molar-refractivity contribution is 0.263. The zero-order chi connectivity index (χ0) is 15.7. The van der Waals surface area contributed by atoms with Gasteiger partial charge in [0.15, 0.2) is 0 Å². The van der Waals surface area contributed by atoms with Gasteiger partial charge in [0.2, 0.25) is 0 Å². The number of hydrogen-bond donors (Lipinski definition) is 0. The maximum absolute atomic E-state index is 4.75. The monoisotopic (exact) mass is 294 g/mol. The van der Waals surface area contributed by atoms with Crippen LogP contribution in [0.3, 0.4) is 0 Å². The fourth-order valence-corrected chi connectivity index (χ4v) is 3.32.